The van der Waals surface area contributed by atoms with Crippen LogP contribution in [-0.2, 0) is 10.0 Å². The number of hydrogen-bond donors (Lipinski definition) is 2. The van der Waals surface area contributed by atoms with E-state index >= 15 is 0 Å². The molecule has 0 saturated heterocycles. The summed E-state index contributed by atoms with van der Waals surface area (Å²) in [6.07, 6.45) is 0. The molecule has 0 spiro atoms. The van der Waals surface area contributed by atoms with E-state index in [1.54, 1.807) is 6.07 Å². The van der Waals surface area contributed by atoms with Gasteiger partial charge in [0, 0.05) is 17.3 Å². The lowest BCUT2D eigenvalue weighted by Gasteiger charge is -2.08. The van der Waals surface area contributed by atoms with Crippen molar-refractivity contribution in [2.75, 3.05) is 4.72 Å². The first-order valence-corrected chi connectivity index (χ1v) is 7.84. The Balaban J connectivity index is 1.99. The van der Waals surface area contributed by atoms with Gasteiger partial charge in [-0.15, -0.1) is 0 Å². The van der Waals surface area contributed by atoms with Gasteiger partial charge in [-0.3, -0.25) is 9.52 Å². The van der Waals surface area contributed by atoms with Crippen molar-refractivity contribution in [3.05, 3.63) is 70.8 Å². The fraction of sp³-hybridized carbons (Fsp3) is 0. The number of sulfonamides is 1. The van der Waals surface area contributed by atoms with E-state index in [1.807, 2.05) is 0 Å². The molecule has 22 heavy (non-hydrogen) atoms. The molecule has 0 aliphatic carbocycles. The van der Waals surface area contributed by atoms with Crippen molar-refractivity contribution in [2.45, 2.75) is 4.90 Å². The van der Waals surface area contributed by atoms with E-state index in [4.69, 9.17) is 0 Å². The van der Waals surface area contributed by atoms with Gasteiger partial charge >= 0.3 is 0 Å². The molecule has 0 radical (unpaired) electrons. The second kappa shape index (κ2) is 5.27. The van der Waals surface area contributed by atoms with Gasteiger partial charge < -0.3 is 4.98 Å². The van der Waals surface area contributed by atoms with Gasteiger partial charge in [0.2, 0.25) is 5.56 Å². The molecule has 0 aliphatic rings. The number of H-pyrrole nitrogens is 1. The number of anilines is 1. The highest BCUT2D eigenvalue weighted by Crippen LogP contribution is 2.20. The van der Waals surface area contributed by atoms with Crippen LogP contribution in [0.5, 0.6) is 0 Å². The molecule has 0 bridgehead atoms. The minimum absolute atomic E-state index is 0.0522. The van der Waals surface area contributed by atoms with Gasteiger partial charge in [0.15, 0.2) is 0 Å². The fourth-order valence-electron chi connectivity index (χ4n) is 2.03. The third-order valence-corrected chi connectivity index (χ3v) is 4.48. The van der Waals surface area contributed by atoms with Crippen LogP contribution in [0.3, 0.4) is 0 Å². The monoisotopic (exact) mass is 318 g/mol. The second-order valence-electron chi connectivity index (χ2n) is 4.68. The van der Waals surface area contributed by atoms with Crippen molar-refractivity contribution in [1.29, 1.82) is 0 Å². The first kappa shape index (κ1) is 14.3. The van der Waals surface area contributed by atoms with Crippen LogP contribution in [0.15, 0.2) is 64.3 Å². The van der Waals surface area contributed by atoms with E-state index in [9.17, 15) is 17.6 Å². The van der Waals surface area contributed by atoms with Crippen molar-refractivity contribution in [3.8, 4) is 0 Å². The Hall–Kier alpha value is -2.67. The molecular formula is C15H11FN2O3S. The molecule has 7 heteroatoms. The van der Waals surface area contributed by atoms with Crippen LogP contribution in [-0.4, -0.2) is 13.4 Å². The number of pyridine rings is 1. The van der Waals surface area contributed by atoms with Gasteiger partial charge in [-0.2, -0.15) is 0 Å². The molecule has 112 valence electrons. The molecule has 1 heterocycles. The summed E-state index contributed by atoms with van der Waals surface area (Å²) in [6, 6.07) is 12.3. The lowest BCUT2D eigenvalue weighted by atomic mass is 10.2. The highest BCUT2D eigenvalue weighted by atomic mass is 32.2. The molecule has 3 rings (SSSR count). The Morgan fingerprint density at radius 2 is 1.68 bits per heavy atom. The number of nitrogens with one attached hydrogen (secondary N) is 2. The van der Waals surface area contributed by atoms with E-state index in [2.05, 4.69) is 9.71 Å². The molecule has 2 N–H and O–H groups in total. The number of hydrogen-bond acceptors (Lipinski definition) is 3. The number of aromatic nitrogens is 1. The number of aromatic amines is 1. The summed E-state index contributed by atoms with van der Waals surface area (Å²) in [5.74, 6) is -0.447. The molecule has 0 saturated carbocycles. The number of benzene rings is 2. The van der Waals surface area contributed by atoms with Gasteiger partial charge in [-0.05, 0) is 53.9 Å². The molecule has 3 aromatic rings. The van der Waals surface area contributed by atoms with E-state index in [1.165, 1.54) is 48.5 Å². The van der Waals surface area contributed by atoms with Crippen molar-refractivity contribution in [1.82, 2.24) is 4.98 Å². The molecule has 1 aromatic heterocycles. The minimum Gasteiger partial charge on any atom is -0.322 e. The van der Waals surface area contributed by atoms with Gasteiger partial charge in [0.1, 0.15) is 5.82 Å². The predicted octanol–water partition coefficient (Wildman–Crippen LogP) is 2.47. The molecular weight excluding hydrogens is 307 g/mol. The highest BCUT2D eigenvalue weighted by Gasteiger charge is 2.14. The third-order valence-electron chi connectivity index (χ3n) is 3.10. The summed E-state index contributed by atoms with van der Waals surface area (Å²) in [4.78, 5) is 13.9. The summed E-state index contributed by atoms with van der Waals surface area (Å²) in [6.45, 7) is 0. The molecule has 0 unspecified atom stereocenters. The van der Waals surface area contributed by atoms with Crippen LogP contribution < -0.4 is 10.3 Å². The van der Waals surface area contributed by atoms with Crippen LogP contribution in [0.2, 0.25) is 0 Å². The van der Waals surface area contributed by atoms with Gasteiger partial charge in [0.25, 0.3) is 10.0 Å². The van der Waals surface area contributed by atoms with Crippen molar-refractivity contribution >= 4 is 26.6 Å². The minimum atomic E-state index is -3.79. The van der Waals surface area contributed by atoms with Crippen molar-refractivity contribution in [2.24, 2.45) is 0 Å². The van der Waals surface area contributed by atoms with E-state index < -0.39 is 15.8 Å². The SMILES string of the molecule is O=c1ccc2cc(S(=O)(=O)Nc3ccc(F)cc3)ccc2[nH]1. The predicted molar refractivity (Wildman–Crippen MR) is 81.8 cm³/mol. The van der Waals surface area contributed by atoms with E-state index in [0.29, 0.717) is 10.9 Å². The Labute approximate surface area is 125 Å². The molecule has 5 nitrogen and oxygen atoms in total. The Bertz CT molecular complexity index is 995. The zero-order chi connectivity index (χ0) is 15.7. The van der Waals surface area contributed by atoms with E-state index in [0.717, 1.165) is 0 Å². The van der Waals surface area contributed by atoms with Crippen LogP contribution in [0.4, 0.5) is 10.1 Å². The Morgan fingerprint density at radius 1 is 0.955 bits per heavy atom. The zero-order valence-electron chi connectivity index (χ0n) is 11.2. The standard InChI is InChI=1S/C15H11FN2O3S/c16-11-2-4-12(5-3-11)18-22(20,21)13-6-7-14-10(9-13)1-8-15(19)17-14/h1-9,18H,(H,17,19). The van der Waals surface area contributed by atoms with Gasteiger partial charge in [-0.1, -0.05) is 0 Å². The van der Waals surface area contributed by atoms with Crippen LogP contribution in [0.25, 0.3) is 10.9 Å². The quantitative estimate of drug-likeness (QED) is 0.778. The Morgan fingerprint density at radius 3 is 2.41 bits per heavy atom. The zero-order valence-corrected chi connectivity index (χ0v) is 12.0. The largest absolute Gasteiger partial charge is 0.322 e. The first-order chi connectivity index (χ1) is 10.4. The van der Waals surface area contributed by atoms with Crippen molar-refractivity contribution in [3.63, 3.8) is 0 Å². The van der Waals surface area contributed by atoms with Crippen LogP contribution in [0.1, 0.15) is 0 Å². The maximum atomic E-state index is 12.8. The van der Waals surface area contributed by atoms with Crippen LogP contribution in [0, 0.1) is 5.82 Å². The smallest absolute Gasteiger partial charge is 0.261 e. The molecule has 2 aromatic carbocycles. The maximum absolute atomic E-state index is 12.8. The number of halogens is 1. The lowest BCUT2D eigenvalue weighted by Crippen LogP contribution is -2.13. The normalized spacial score (nSPS) is 11.5. The average molecular weight is 318 g/mol. The average Bonchev–Trinajstić information content (AvgIpc) is 2.49. The van der Waals surface area contributed by atoms with Crippen molar-refractivity contribution < 1.29 is 12.8 Å². The van der Waals surface area contributed by atoms with Gasteiger partial charge in [0.05, 0.1) is 4.90 Å². The highest BCUT2D eigenvalue weighted by molar-refractivity contribution is 7.92. The maximum Gasteiger partial charge on any atom is 0.261 e. The molecule has 0 amide bonds. The number of rotatable bonds is 3. The summed E-state index contributed by atoms with van der Waals surface area (Å²) in [7, 11) is -3.79. The third kappa shape index (κ3) is 2.84. The topological polar surface area (TPSA) is 79.0 Å². The molecule has 0 fully saturated rings. The first-order valence-electron chi connectivity index (χ1n) is 6.35. The molecule has 0 atom stereocenters. The summed E-state index contributed by atoms with van der Waals surface area (Å²) < 4.78 is 39.9. The van der Waals surface area contributed by atoms with Crippen LogP contribution >= 0.6 is 0 Å². The number of fused-ring (bicyclic) bond motifs is 1. The summed E-state index contributed by atoms with van der Waals surface area (Å²) >= 11 is 0. The van der Waals surface area contributed by atoms with E-state index in [-0.39, 0.29) is 16.1 Å². The molecule has 0 aliphatic heterocycles. The van der Waals surface area contributed by atoms with Gasteiger partial charge in [-0.25, -0.2) is 12.8 Å². The second-order valence-corrected chi connectivity index (χ2v) is 6.37. The summed E-state index contributed by atoms with van der Waals surface area (Å²) in [5, 5.41) is 0.599. The summed E-state index contributed by atoms with van der Waals surface area (Å²) in [5.41, 5.74) is 0.559. The fourth-order valence-corrected chi connectivity index (χ4v) is 3.13. The Kier molecular flexibility index (Phi) is 3.42. The lowest BCUT2D eigenvalue weighted by molar-refractivity contribution is 0.601.